The summed E-state index contributed by atoms with van der Waals surface area (Å²) in [6, 6.07) is 52.6. The predicted molar refractivity (Wildman–Crippen MR) is 198 cm³/mol. The Morgan fingerprint density at radius 3 is 1.67 bits per heavy atom. The Morgan fingerprint density at radius 2 is 0.979 bits per heavy atom. The average Bonchev–Trinajstić information content (AvgIpc) is 3.78. The Morgan fingerprint density at radius 1 is 0.417 bits per heavy atom. The van der Waals surface area contributed by atoms with Crippen LogP contribution in [0.4, 0.5) is 0 Å². The van der Waals surface area contributed by atoms with E-state index in [1.165, 1.54) is 21.7 Å². The van der Waals surface area contributed by atoms with Crippen LogP contribution in [-0.4, -0.2) is 26.3 Å². The van der Waals surface area contributed by atoms with Crippen LogP contribution in [-0.2, 0) is 0 Å². The van der Waals surface area contributed by atoms with Crippen LogP contribution in [0.2, 0.25) is 0 Å². The number of benzene rings is 7. The molecule has 6 heteroatoms. The third kappa shape index (κ3) is 3.88. The fraction of sp³-hybridized carbons (Fsp3) is 0. The summed E-state index contributed by atoms with van der Waals surface area (Å²) in [6.45, 7) is 0. The van der Waals surface area contributed by atoms with Crippen LogP contribution in [0.15, 0.2) is 156 Å². The second-order valence-corrected chi connectivity index (χ2v) is 12.4. The smallest absolute Gasteiger partial charge is 0.456 e. The molecule has 48 heavy (non-hydrogen) atoms. The van der Waals surface area contributed by atoms with Gasteiger partial charge >= 0.3 is 7.12 Å². The number of hydrogen-bond donors (Lipinski definition) is 2. The van der Waals surface area contributed by atoms with Gasteiger partial charge in [0.05, 0.1) is 22.1 Å². The highest BCUT2D eigenvalue weighted by Gasteiger charge is 2.21. The number of fused-ring (bicyclic) bond motifs is 9. The van der Waals surface area contributed by atoms with Gasteiger partial charge in [-0.05, 0) is 89.4 Å². The van der Waals surface area contributed by atoms with Crippen molar-refractivity contribution in [2.24, 2.45) is 0 Å². The van der Waals surface area contributed by atoms with Crippen molar-refractivity contribution in [3.05, 3.63) is 152 Å². The van der Waals surface area contributed by atoms with Gasteiger partial charge in [-0.25, -0.2) is 0 Å². The predicted octanol–water partition coefficient (Wildman–Crippen LogP) is 9.13. The zero-order chi connectivity index (χ0) is 31.9. The van der Waals surface area contributed by atoms with E-state index >= 15 is 0 Å². The molecule has 0 amide bonds. The van der Waals surface area contributed by atoms with Crippen LogP contribution in [0.5, 0.6) is 0 Å². The molecule has 10 aromatic rings. The zero-order valence-corrected chi connectivity index (χ0v) is 25.7. The number of aromatic nitrogens is 2. The number of furan rings is 1. The first-order valence-corrected chi connectivity index (χ1v) is 16.1. The molecule has 0 unspecified atom stereocenters. The van der Waals surface area contributed by atoms with Crippen molar-refractivity contribution in [2.75, 3.05) is 0 Å². The van der Waals surface area contributed by atoms with Crippen LogP contribution < -0.4 is 5.46 Å². The van der Waals surface area contributed by atoms with E-state index < -0.39 is 7.12 Å². The number of rotatable bonds is 4. The molecule has 226 valence electrons. The Bertz CT molecular complexity index is 2870. The summed E-state index contributed by atoms with van der Waals surface area (Å²) in [7, 11) is -1.60. The molecule has 0 fully saturated rings. The molecule has 0 saturated carbocycles. The lowest BCUT2D eigenvalue weighted by Crippen LogP contribution is -2.30. The van der Waals surface area contributed by atoms with Crippen LogP contribution in [0, 0.1) is 0 Å². The second kappa shape index (κ2) is 10.2. The van der Waals surface area contributed by atoms with Crippen molar-refractivity contribution in [3.8, 4) is 22.5 Å². The Hall–Kier alpha value is -6.08. The van der Waals surface area contributed by atoms with Gasteiger partial charge in [-0.2, -0.15) is 0 Å². The van der Waals surface area contributed by atoms with Gasteiger partial charge in [0.25, 0.3) is 0 Å². The first-order valence-electron chi connectivity index (χ1n) is 16.1. The summed E-state index contributed by atoms with van der Waals surface area (Å²) in [5.41, 5.74) is 10.7. The maximum Gasteiger partial charge on any atom is 0.489 e. The standard InChI is InChI=1S/C42H27BN2O3/c46-43(47)35-15-9-17-41-42(35)34-23-27(19-21-40(34)48-41)26-18-20-37-31(22-26)33-25-38-32(24-39(33)45(37)29-12-5-2-6-13-29)30-14-7-8-16-36(30)44(38)28-10-3-1-4-11-28/h1-25,46-47H. The summed E-state index contributed by atoms with van der Waals surface area (Å²) in [6.07, 6.45) is 0. The molecule has 7 aromatic carbocycles. The lowest BCUT2D eigenvalue weighted by Gasteiger charge is -2.09. The molecule has 0 spiro atoms. The highest BCUT2D eigenvalue weighted by atomic mass is 16.4. The topological polar surface area (TPSA) is 63.5 Å². The van der Waals surface area contributed by atoms with Crippen LogP contribution >= 0.6 is 0 Å². The van der Waals surface area contributed by atoms with Crippen LogP contribution in [0.1, 0.15) is 0 Å². The normalized spacial score (nSPS) is 12.0. The van der Waals surface area contributed by atoms with E-state index in [4.69, 9.17) is 4.42 Å². The summed E-state index contributed by atoms with van der Waals surface area (Å²) < 4.78 is 10.8. The lowest BCUT2D eigenvalue weighted by atomic mass is 9.77. The highest BCUT2D eigenvalue weighted by molar-refractivity contribution is 6.62. The fourth-order valence-electron chi connectivity index (χ4n) is 7.62. The second-order valence-electron chi connectivity index (χ2n) is 12.4. The van der Waals surface area contributed by atoms with Gasteiger partial charge in [-0.3, -0.25) is 0 Å². The number of nitrogens with zero attached hydrogens (tertiary/aromatic N) is 2. The molecule has 10 rings (SSSR count). The first-order chi connectivity index (χ1) is 23.6. The van der Waals surface area contributed by atoms with E-state index in [-0.39, 0.29) is 0 Å². The van der Waals surface area contributed by atoms with Gasteiger partial charge in [0.15, 0.2) is 0 Å². The molecule has 0 saturated heterocycles. The molecule has 3 aromatic heterocycles. The fourth-order valence-corrected chi connectivity index (χ4v) is 7.62. The van der Waals surface area contributed by atoms with E-state index in [0.29, 0.717) is 16.6 Å². The van der Waals surface area contributed by atoms with E-state index in [1.807, 2.05) is 12.1 Å². The van der Waals surface area contributed by atoms with Gasteiger partial charge in [0, 0.05) is 43.7 Å². The molecule has 0 aliphatic rings. The summed E-state index contributed by atoms with van der Waals surface area (Å²) >= 11 is 0. The minimum absolute atomic E-state index is 0.433. The summed E-state index contributed by atoms with van der Waals surface area (Å²) in [5.74, 6) is 0. The summed E-state index contributed by atoms with van der Waals surface area (Å²) in [5, 5.41) is 26.6. The van der Waals surface area contributed by atoms with Gasteiger partial charge in [-0.15, -0.1) is 0 Å². The third-order valence-corrected chi connectivity index (χ3v) is 9.73. The SMILES string of the molecule is OB(O)c1cccc2oc3ccc(-c4ccc5c(c4)c4cc6c(cc4n5-c4ccccc4)c4ccccc4n6-c4ccccc4)cc3c12. The third-order valence-electron chi connectivity index (χ3n) is 9.73. The molecule has 3 heterocycles. The van der Waals surface area contributed by atoms with Gasteiger partial charge < -0.3 is 23.6 Å². The number of para-hydroxylation sites is 3. The van der Waals surface area contributed by atoms with Crippen molar-refractivity contribution in [1.82, 2.24) is 9.13 Å². The zero-order valence-electron chi connectivity index (χ0n) is 25.7. The Kier molecular flexibility index (Phi) is 5.76. The van der Waals surface area contributed by atoms with Crippen LogP contribution in [0.25, 0.3) is 88.1 Å². The van der Waals surface area contributed by atoms with E-state index in [1.54, 1.807) is 12.1 Å². The molecular weight excluding hydrogens is 591 g/mol. The van der Waals surface area contributed by atoms with Gasteiger partial charge in [0.1, 0.15) is 11.2 Å². The molecule has 5 nitrogen and oxygen atoms in total. The van der Waals surface area contributed by atoms with Crippen LogP contribution in [0.3, 0.4) is 0 Å². The van der Waals surface area contributed by atoms with E-state index in [9.17, 15) is 10.0 Å². The largest absolute Gasteiger partial charge is 0.489 e. The Labute approximate surface area is 275 Å². The molecule has 0 bridgehead atoms. The van der Waals surface area contributed by atoms with Crippen molar-refractivity contribution < 1.29 is 14.5 Å². The number of hydrogen-bond acceptors (Lipinski definition) is 3. The molecule has 0 aliphatic heterocycles. The molecule has 0 aliphatic carbocycles. The molecule has 0 radical (unpaired) electrons. The van der Waals surface area contributed by atoms with E-state index in [2.05, 4.69) is 137 Å². The minimum atomic E-state index is -1.60. The quantitative estimate of drug-likeness (QED) is 0.194. The van der Waals surface area contributed by atoms with Crippen molar-refractivity contribution in [2.45, 2.75) is 0 Å². The lowest BCUT2D eigenvalue weighted by molar-refractivity contribution is 0.426. The van der Waals surface area contributed by atoms with Gasteiger partial charge in [0.2, 0.25) is 0 Å². The average molecular weight is 619 g/mol. The van der Waals surface area contributed by atoms with Gasteiger partial charge in [-0.1, -0.05) is 78.9 Å². The minimum Gasteiger partial charge on any atom is -0.456 e. The molecular formula is C42H27BN2O3. The maximum absolute atomic E-state index is 10.1. The van der Waals surface area contributed by atoms with Crippen molar-refractivity contribution in [3.63, 3.8) is 0 Å². The maximum atomic E-state index is 10.1. The first kappa shape index (κ1) is 27.1. The molecule has 2 N–H and O–H groups in total. The van der Waals surface area contributed by atoms with Crippen molar-refractivity contribution >= 4 is 78.1 Å². The summed E-state index contributed by atoms with van der Waals surface area (Å²) in [4.78, 5) is 0. The Balaban J connectivity index is 1.28. The van der Waals surface area contributed by atoms with Crippen molar-refractivity contribution in [1.29, 1.82) is 0 Å². The highest BCUT2D eigenvalue weighted by Crippen LogP contribution is 2.41. The monoisotopic (exact) mass is 618 g/mol. The van der Waals surface area contributed by atoms with E-state index in [0.717, 1.165) is 55.2 Å². The molecule has 0 atom stereocenters.